The van der Waals surface area contributed by atoms with Crippen molar-refractivity contribution in [1.82, 2.24) is 0 Å². The van der Waals surface area contributed by atoms with E-state index in [9.17, 15) is 0 Å². The fourth-order valence-corrected chi connectivity index (χ4v) is 2.66. The summed E-state index contributed by atoms with van der Waals surface area (Å²) in [6.45, 7) is 6.32. The van der Waals surface area contributed by atoms with Gasteiger partial charge in [0.15, 0.2) is 0 Å². The van der Waals surface area contributed by atoms with Gasteiger partial charge in [0.25, 0.3) is 0 Å². The quantitative estimate of drug-likeness (QED) is 0.465. The summed E-state index contributed by atoms with van der Waals surface area (Å²) in [5, 5.41) is 0.954. The molecule has 0 aromatic rings. The highest BCUT2D eigenvalue weighted by molar-refractivity contribution is 8.03. The van der Waals surface area contributed by atoms with Gasteiger partial charge in [0.05, 0.1) is 0 Å². The van der Waals surface area contributed by atoms with Crippen LogP contribution in [0.4, 0.5) is 0 Å². The molecule has 94 valence electrons. The molecule has 0 bridgehead atoms. The molecule has 0 N–H and O–H groups in total. The van der Waals surface area contributed by atoms with E-state index in [4.69, 9.17) is 0 Å². The molecule has 0 fully saturated rings. The second-order valence-electron chi connectivity index (χ2n) is 3.91. The van der Waals surface area contributed by atoms with Crippen LogP contribution < -0.4 is 0 Å². The summed E-state index contributed by atoms with van der Waals surface area (Å²) in [5.41, 5.74) is 0. The van der Waals surface area contributed by atoms with Crippen LogP contribution in [0, 0.1) is 0 Å². The van der Waals surface area contributed by atoms with E-state index in [-0.39, 0.29) is 0 Å². The van der Waals surface area contributed by atoms with Crippen LogP contribution in [0.1, 0.15) is 40.0 Å². The molecule has 0 radical (unpaired) electrons. The first-order valence-electron chi connectivity index (χ1n) is 5.85. The van der Waals surface area contributed by atoms with E-state index in [1.165, 1.54) is 4.91 Å². The molecule has 3 heteroatoms. The Kier molecular flexibility index (Phi) is 11.0. The van der Waals surface area contributed by atoms with E-state index in [0.717, 1.165) is 25.0 Å². The smallest absolute Gasteiger partial charge is 0.0145 e. The maximum atomic E-state index is 4.57. The molecule has 0 nitrogen and oxygen atoms in total. The van der Waals surface area contributed by atoms with E-state index in [1.54, 1.807) is 0 Å². The van der Waals surface area contributed by atoms with E-state index < -0.39 is 0 Å². The summed E-state index contributed by atoms with van der Waals surface area (Å²) < 4.78 is 0. The number of allylic oxidation sites excluding steroid dienone is 4. The van der Waals surface area contributed by atoms with Gasteiger partial charge in [-0.1, -0.05) is 25.2 Å². The first kappa shape index (κ1) is 16.5. The van der Waals surface area contributed by atoms with Crippen LogP contribution in [-0.4, -0.2) is 16.3 Å². The topological polar surface area (TPSA) is 0 Å². The van der Waals surface area contributed by atoms with Crippen molar-refractivity contribution in [3.63, 3.8) is 0 Å². The lowest BCUT2D eigenvalue weighted by atomic mass is 10.2. The number of hydrogen-bond donors (Lipinski definition) is 2. The fraction of sp³-hybridized carbons (Fsp3) is 0.692. The molecule has 0 aliphatic heterocycles. The number of thiol groups is 2. The van der Waals surface area contributed by atoms with Gasteiger partial charge in [-0.25, -0.2) is 0 Å². The fourth-order valence-electron chi connectivity index (χ4n) is 1.22. The van der Waals surface area contributed by atoms with Gasteiger partial charge >= 0.3 is 0 Å². The average molecular weight is 277 g/mol. The molecule has 2 atom stereocenters. The minimum Gasteiger partial charge on any atom is -0.176 e. The van der Waals surface area contributed by atoms with Crippen LogP contribution >= 0.6 is 37.0 Å². The van der Waals surface area contributed by atoms with E-state index >= 15 is 0 Å². The Morgan fingerprint density at radius 1 is 1.31 bits per heavy atom. The molecular weight excluding hydrogens is 252 g/mol. The second kappa shape index (κ2) is 10.7. The second-order valence-corrected chi connectivity index (χ2v) is 6.67. The Balaban J connectivity index is 3.78. The largest absolute Gasteiger partial charge is 0.176 e. The van der Waals surface area contributed by atoms with E-state index in [2.05, 4.69) is 64.3 Å². The van der Waals surface area contributed by atoms with Crippen LogP contribution in [0.15, 0.2) is 23.1 Å². The van der Waals surface area contributed by atoms with Crippen LogP contribution in [-0.2, 0) is 0 Å². The van der Waals surface area contributed by atoms with Crippen molar-refractivity contribution < 1.29 is 0 Å². The van der Waals surface area contributed by atoms with Crippen molar-refractivity contribution in [3.05, 3.63) is 23.1 Å². The molecule has 0 saturated heterocycles. The molecule has 0 aromatic heterocycles. The zero-order valence-corrected chi connectivity index (χ0v) is 13.1. The summed E-state index contributed by atoms with van der Waals surface area (Å²) in [6, 6.07) is 0. The van der Waals surface area contributed by atoms with Gasteiger partial charge in [-0.15, -0.1) is 11.8 Å². The summed E-state index contributed by atoms with van der Waals surface area (Å²) in [5.74, 6) is 1.09. The first-order valence-corrected chi connectivity index (χ1v) is 7.87. The van der Waals surface area contributed by atoms with Crippen molar-refractivity contribution in [2.45, 2.75) is 50.5 Å². The molecule has 0 aromatic carbocycles. The Hall–Kier alpha value is 0.530. The molecule has 0 heterocycles. The highest BCUT2D eigenvalue weighted by Gasteiger charge is 2.05. The molecule has 0 amide bonds. The molecule has 0 aliphatic carbocycles. The number of thioether (sulfide) groups is 1. The predicted molar refractivity (Wildman–Crippen MR) is 86.1 cm³/mol. The normalized spacial score (nSPS) is 16.7. The molecule has 2 unspecified atom stereocenters. The average Bonchev–Trinajstić information content (AvgIpc) is 2.26. The summed E-state index contributed by atoms with van der Waals surface area (Å²) in [6.07, 6.45) is 9.86. The van der Waals surface area contributed by atoms with Gasteiger partial charge in [-0.2, -0.15) is 25.3 Å². The zero-order valence-electron chi connectivity index (χ0n) is 10.5. The maximum Gasteiger partial charge on any atom is 0.0145 e. The van der Waals surface area contributed by atoms with Crippen LogP contribution in [0.25, 0.3) is 0 Å². The summed E-state index contributed by atoms with van der Waals surface area (Å²) in [7, 11) is 0. The third-order valence-electron chi connectivity index (χ3n) is 2.24. The van der Waals surface area contributed by atoms with Gasteiger partial charge in [-0.05, 0) is 43.3 Å². The van der Waals surface area contributed by atoms with E-state index in [0.29, 0.717) is 10.5 Å². The minimum atomic E-state index is 0.463. The summed E-state index contributed by atoms with van der Waals surface area (Å²) in [4.78, 5) is 1.47. The third-order valence-corrected chi connectivity index (χ3v) is 4.51. The van der Waals surface area contributed by atoms with Gasteiger partial charge in [0, 0.05) is 11.0 Å². The Labute approximate surface area is 116 Å². The Morgan fingerprint density at radius 2 is 2.00 bits per heavy atom. The molecule has 16 heavy (non-hydrogen) atoms. The highest BCUT2D eigenvalue weighted by Crippen LogP contribution is 2.25. The molecule has 0 saturated carbocycles. The number of hydrogen-bond acceptors (Lipinski definition) is 3. The van der Waals surface area contributed by atoms with Gasteiger partial charge in [0.1, 0.15) is 0 Å². The van der Waals surface area contributed by atoms with Crippen LogP contribution in [0.5, 0.6) is 0 Å². The molecule has 0 aliphatic rings. The number of rotatable bonds is 8. The molecular formula is C13H24S3. The molecule has 0 spiro atoms. The van der Waals surface area contributed by atoms with Gasteiger partial charge in [0.2, 0.25) is 0 Å². The zero-order chi connectivity index (χ0) is 12.4. The van der Waals surface area contributed by atoms with Crippen molar-refractivity contribution in [2.75, 3.05) is 5.75 Å². The highest BCUT2D eigenvalue weighted by atomic mass is 32.2. The SMILES string of the molecule is C/C=C\CC(S)CS/C(=C/C)CCC(C)S. The Morgan fingerprint density at radius 3 is 2.50 bits per heavy atom. The lowest BCUT2D eigenvalue weighted by molar-refractivity contribution is 0.829. The van der Waals surface area contributed by atoms with Crippen LogP contribution in [0.3, 0.4) is 0 Å². The third kappa shape index (κ3) is 9.73. The van der Waals surface area contributed by atoms with Crippen molar-refractivity contribution in [1.29, 1.82) is 0 Å². The molecule has 0 rings (SSSR count). The predicted octanol–water partition coefficient (Wildman–Crippen LogP) is 4.99. The first-order chi connectivity index (χ1) is 7.60. The monoisotopic (exact) mass is 276 g/mol. The van der Waals surface area contributed by atoms with Crippen molar-refractivity contribution >= 4 is 37.0 Å². The van der Waals surface area contributed by atoms with Crippen LogP contribution in [0.2, 0.25) is 0 Å². The lowest BCUT2D eigenvalue weighted by Crippen LogP contribution is -2.01. The van der Waals surface area contributed by atoms with Gasteiger partial charge in [-0.3, -0.25) is 0 Å². The minimum absolute atomic E-state index is 0.463. The van der Waals surface area contributed by atoms with Crippen molar-refractivity contribution in [2.24, 2.45) is 0 Å². The van der Waals surface area contributed by atoms with E-state index in [1.807, 2.05) is 11.8 Å². The standard InChI is InChI=1S/C13H24S3/c1-4-6-7-12(15)10-16-13(5-2)9-8-11(3)14/h4-6,11-12,14-15H,7-10H2,1-3H3/b6-4-,13-5+. The van der Waals surface area contributed by atoms with Gasteiger partial charge < -0.3 is 0 Å². The lowest BCUT2D eigenvalue weighted by Gasteiger charge is -2.11. The summed E-state index contributed by atoms with van der Waals surface area (Å²) >= 11 is 10.9. The Bertz CT molecular complexity index is 219. The maximum absolute atomic E-state index is 4.57. The van der Waals surface area contributed by atoms with Crippen molar-refractivity contribution in [3.8, 4) is 0 Å².